The van der Waals surface area contributed by atoms with Crippen molar-refractivity contribution in [2.45, 2.75) is 26.3 Å². The highest BCUT2D eigenvalue weighted by Crippen LogP contribution is 2.09. The average Bonchev–Trinajstić information content (AvgIpc) is 1.99. The Bertz CT molecular complexity index is 258. The zero-order valence-electron chi connectivity index (χ0n) is 10.9. The van der Waals surface area contributed by atoms with Gasteiger partial charge in [-0.05, 0) is 6.92 Å². The van der Waals surface area contributed by atoms with E-state index in [9.17, 15) is 9.59 Å². The van der Waals surface area contributed by atoms with E-state index in [1.807, 2.05) is 28.1 Å². The average molecular weight is 231 g/mol. The number of carboxylic acid groups (broad SMARTS) is 1. The van der Waals surface area contributed by atoms with Gasteiger partial charge in [-0.15, -0.1) is 0 Å². The van der Waals surface area contributed by atoms with Gasteiger partial charge in [0.2, 0.25) is 5.91 Å². The van der Waals surface area contributed by atoms with E-state index in [0.717, 1.165) is 0 Å². The molecule has 0 aliphatic rings. The molecular weight excluding hydrogens is 208 g/mol. The van der Waals surface area contributed by atoms with Crippen LogP contribution in [0.15, 0.2) is 0 Å². The third-order valence-electron chi connectivity index (χ3n) is 2.35. The number of carbonyl (C=O) groups is 2. The van der Waals surface area contributed by atoms with Crippen molar-refractivity contribution in [3.05, 3.63) is 0 Å². The second-order valence-corrected chi connectivity index (χ2v) is 5.03. The van der Waals surface area contributed by atoms with E-state index >= 15 is 0 Å². The number of rotatable bonds is 6. The van der Waals surface area contributed by atoms with E-state index in [-0.39, 0.29) is 18.4 Å². The maximum Gasteiger partial charge on any atom is 0.305 e. The van der Waals surface area contributed by atoms with Gasteiger partial charge < -0.3 is 14.5 Å². The van der Waals surface area contributed by atoms with E-state index in [4.69, 9.17) is 5.11 Å². The second kappa shape index (κ2) is 5.84. The molecule has 0 aromatic rings. The van der Waals surface area contributed by atoms with Crippen LogP contribution in [0.2, 0.25) is 0 Å². The molecule has 5 nitrogen and oxygen atoms in total. The lowest BCUT2D eigenvalue weighted by Gasteiger charge is -2.34. The number of carbonyl (C=O) groups excluding carboxylic acids is 1. The molecule has 5 heteroatoms. The lowest BCUT2D eigenvalue weighted by molar-refractivity contribution is -0.872. The number of hydrogen-bond acceptors (Lipinski definition) is 2. The van der Waals surface area contributed by atoms with Gasteiger partial charge in [-0.1, -0.05) is 0 Å². The third-order valence-corrected chi connectivity index (χ3v) is 2.35. The summed E-state index contributed by atoms with van der Waals surface area (Å²) < 4.78 is 0.641. The van der Waals surface area contributed by atoms with Crippen molar-refractivity contribution in [2.75, 3.05) is 34.2 Å². The van der Waals surface area contributed by atoms with E-state index in [0.29, 0.717) is 17.6 Å². The molecule has 0 saturated carbocycles. The van der Waals surface area contributed by atoms with Crippen molar-refractivity contribution < 1.29 is 19.2 Å². The molecule has 0 saturated heterocycles. The number of quaternary nitrogens is 1. The van der Waals surface area contributed by atoms with Gasteiger partial charge in [-0.25, -0.2) is 0 Å². The molecule has 0 rings (SSSR count). The zero-order chi connectivity index (χ0) is 12.9. The highest BCUT2D eigenvalue weighted by Gasteiger charge is 2.27. The zero-order valence-corrected chi connectivity index (χ0v) is 10.9. The molecule has 0 radical (unpaired) electrons. The molecule has 0 spiro atoms. The van der Waals surface area contributed by atoms with Crippen molar-refractivity contribution in [1.29, 1.82) is 0 Å². The van der Waals surface area contributed by atoms with E-state index in [1.54, 1.807) is 4.90 Å². The van der Waals surface area contributed by atoms with Crippen molar-refractivity contribution in [3.8, 4) is 0 Å². The molecular formula is C11H23N2O3+. The Balaban J connectivity index is 4.76. The first-order chi connectivity index (χ1) is 7.17. The van der Waals surface area contributed by atoms with Crippen LogP contribution in [0, 0.1) is 0 Å². The Labute approximate surface area is 97.2 Å². The largest absolute Gasteiger partial charge is 0.481 e. The summed E-state index contributed by atoms with van der Waals surface area (Å²) in [7, 11) is 5.97. The molecule has 1 atom stereocenters. The van der Waals surface area contributed by atoms with Gasteiger partial charge in [-0.2, -0.15) is 0 Å². The highest BCUT2D eigenvalue weighted by molar-refractivity contribution is 5.75. The number of amides is 1. The van der Waals surface area contributed by atoms with Crippen LogP contribution >= 0.6 is 0 Å². The summed E-state index contributed by atoms with van der Waals surface area (Å²) in [5.74, 6) is -0.930. The molecule has 94 valence electrons. The minimum atomic E-state index is -0.863. The first-order valence-electron chi connectivity index (χ1n) is 5.46. The van der Waals surface area contributed by atoms with Gasteiger partial charge in [0, 0.05) is 13.5 Å². The van der Waals surface area contributed by atoms with Crippen molar-refractivity contribution in [2.24, 2.45) is 0 Å². The van der Waals surface area contributed by atoms with Gasteiger partial charge >= 0.3 is 5.97 Å². The van der Waals surface area contributed by atoms with Crippen LogP contribution in [-0.2, 0) is 9.59 Å². The Hall–Kier alpha value is -1.10. The van der Waals surface area contributed by atoms with Crippen LogP contribution in [0.5, 0.6) is 0 Å². The lowest BCUT2D eigenvalue weighted by atomic mass is 10.1. The van der Waals surface area contributed by atoms with Crippen LogP contribution in [0.3, 0.4) is 0 Å². The standard InChI is InChI=1S/C11H22N2O3/c1-6-12(9(2)14)10(7-11(15)16)8-13(3,4)5/h10H,6-8H2,1-5H3/p+1/t10-/m1/s1. The molecule has 0 aliphatic heterocycles. The van der Waals surface area contributed by atoms with Gasteiger partial charge in [0.05, 0.1) is 40.2 Å². The predicted octanol–water partition coefficient (Wildman–Crippen LogP) is 0.404. The van der Waals surface area contributed by atoms with Crippen LogP contribution < -0.4 is 0 Å². The molecule has 1 amide bonds. The fraction of sp³-hybridized carbons (Fsp3) is 0.818. The van der Waals surface area contributed by atoms with Crippen LogP contribution in [0.25, 0.3) is 0 Å². The monoisotopic (exact) mass is 231 g/mol. The number of carboxylic acids is 1. The first-order valence-corrected chi connectivity index (χ1v) is 5.46. The summed E-state index contributed by atoms with van der Waals surface area (Å²) in [4.78, 5) is 23.8. The molecule has 0 aliphatic carbocycles. The number of nitrogens with zero attached hydrogens (tertiary/aromatic N) is 2. The smallest absolute Gasteiger partial charge is 0.305 e. The second-order valence-electron chi connectivity index (χ2n) is 5.03. The molecule has 0 unspecified atom stereocenters. The number of likely N-dealkylation sites (N-methyl/N-ethyl adjacent to an activating group) is 2. The normalized spacial score (nSPS) is 13.3. The topological polar surface area (TPSA) is 57.6 Å². The Morgan fingerprint density at radius 1 is 1.31 bits per heavy atom. The third kappa shape index (κ3) is 5.70. The number of hydrogen-bond donors (Lipinski definition) is 1. The maximum atomic E-state index is 11.4. The van der Waals surface area contributed by atoms with E-state index in [2.05, 4.69) is 0 Å². The molecule has 0 aromatic heterocycles. The van der Waals surface area contributed by atoms with Gasteiger partial charge in [-0.3, -0.25) is 9.59 Å². The quantitative estimate of drug-likeness (QED) is 0.673. The summed E-state index contributed by atoms with van der Waals surface area (Å²) in [6.45, 7) is 4.53. The molecule has 0 heterocycles. The molecule has 16 heavy (non-hydrogen) atoms. The number of aliphatic carboxylic acids is 1. The van der Waals surface area contributed by atoms with E-state index in [1.165, 1.54) is 6.92 Å². The van der Waals surface area contributed by atoms with Crippen molar-refractivity contribution >= 4 is 11.9 Å². The minimum absolute atomic E-state index is 0.00292. The molecule has 0 bridgehead atoms. The SMILES string of the molecule is CCN(C(C)=O)[C@H](CC(=O)O)C[N+](C)(C)C. The van der Waals surface area contributed by atoms with Crippen LogP contribution in [0.1, 0.15) is 20.3 Å². The van der Waals surface area contributed by atoms with Crippen molar-refractivity contribution in [1.82, 2.24) is 4.90 Å². The Morgan fingerprint density at radius 2 is 1.81 bits per heavy atom. The first kappa shape index (κ1) is 14.9. The Kier molecular flexibility index (Phi) is 5.44. The van der Waals surface area contributed by atoms with Crippen LogP contribution in [0.4, 0.5) is 0 Å². The lowest BCUT2D eigenvalue weighted by Crippen LogP contribution is -2.51. The fourth-order valence-corrected chi connectivity index (χ4v) is 1.85. The fourth-order valence-electron chi connectivity index (χ4n) is 1.85. The predicted molar refractivity (Wildman–Crippen MR) is 62.0 cm³/mol. The summed E-state index contributed by atoms with van der Waals surface area (Å²) >= 11 is 0. The minimum Gasteiger partial charge on any atom is -0.481 e. The van der Waals surface area contributed by atoms with Crippen molar-refractivity contribution in [3.63, 3.8) is 0 Å². The van der Waals surface area contributed by atoms with Gasteiger partial charge in [0.15, 0.2) is 0 Å². The summed E-state index contributed by atoms with van der Waals surface area (Å²) in [6, 6.07) is -0.236. The molecule has 0 fully saturated rings. The van der Waals surface area contributed by atoms with E-state index < -0.39 is 5.97 Å². The van der Waals surface area contributed by atoms with Gasteiger partial charge in [0.25, 0.3) is 0 Å². The summed E-state index contributed by atoms with van der Waals surface area (Å²) in [6.07, 6.45) is 0.00292. The van der Waals surface area contributed by atoms with Gasteiger partial charge in [0.1, 0.15) is 0 Å². The highest BCUT2D eigenvalue weighted by atomic mass is 16.4. The molecule has 1 N–H and O–H groups in total. The molecule has 0 aromatic carbocycles. The van der Waals surface area contributed by atoms with Crippen LogP contribution in [-0.4, -0.2) is 66.6 Å². The summed E-state index contributed by atoms with van der Waals surface area (Å²) in [5.41, 5.74) is 0. The Morgan fingerprint density at radius 3 is 2.06 bits per heavy atom. The summed E-state index contributed by atoms with van der Waals surface area (Å²) in [5, 5.41) is 8.86. The maximum absolute atomic E-state index is 11.4.